The summed E-state index contributed by atoms with van der Waals surface area (Å²) < 4.78 is 12.9. The van der Waals surface area contributed by atoms with Crippen LogP contribution in [0.3, 0.4) is 0 Å². The second-order valence-electron chi connectivity index (χ2n) is 4.41. The second kappa shape index (κ2) is 3.60. The summed E-state index contributed by atoms with van der Waals surface area (Å²) in [5.74, 6) is -0.212. The van der Waals surface area contributed by atoms with Crippen LogP contribution in [-0.4, -0.2) is 5.78 Å². The first-order chi connectivity index (χ1) is 7.01. The van der Waals surface area contributed by atoms with Gasteiger partial charge in [0.05, 0.1) is 5.02 Å². The standard InChI is InChI=1S/C12H12ClFO/c1-12(4-5-12)11(15)7-8-2-3-10(14)9(13)6-8/h2-3,6H,4-5,7H2,1H3. The van der Waals surface area contributed by atoms with Crippen molar-refractivity contribution in [2.75, 3.05) is 0 Å². The van der Waals surface area contributed by atoms with E-state index in [-0.39, 0.29) is 16.2 Å². The third-order valence-corrected chi connectivity index (χ3v) is 3.31. The van der Waals surface area contributed by atoms with Crippen molar-refractivity contribution in [1.29, 1.82) is 0 Å². The van der Waals surface area contributed by atoms with Crippen LogP contribution in [0.1, 0.15) is 25.3 Å². The number of hydrogen-bond acceptors (Lipinski definition) is 1. The van der Waals surface area contributed by atoms with Gasteiger partial charge in [0.15, 0.2) is 0 Å². The van der Waals surface area contributed by atoms with Crippen molar-refractivity contribution in [3.05, 3.63) is 34.6 Å². The van der Waals surface area contributed by atoms with Crippen LogP contribution in [-0.2, 0) is 11.2 Å². The Morgan fingerprint density at radius 3 is 2.73 bits per heavy atom. The summed E-state index contributed by atoms with van der Waals surface area (Å²) in [5.41, 5.74) is 0.667. The lowest BCUT2D eigenvalue weighted by Gasteiger charge is -2.07. The van der Waals surface area contributed by atoms with E-state index in [1.54, 1.807) is 6.07 Å². The molecule has 15 heavy (non-hydrogen) atoms. The molecule has 0 amide bonds. The SMILES string of the molecule is CC1(C(=O)Cc2ccc(F)c(Cl)c2)CC1. The zero-order valence-electron chi connectivity index (χ0n) is 8.52. The lowest BCUT2D eigenvalue weighted by Crippen LogP contribution is -2.14. The van der Waals surface area contributed by atoms with Crippen LogP contribution in [0.15, 0.2) is 18.2 Å². The van der Waals surface area contributed by atoms with E-state index < -0.39 is 5.82 Å². The molecule has 0 spiro atoms. The fourth-order valence-corrected chi connectivity index (χ4v) is 1.72. The Bertz CT molecular complexity index is 410. The summed E-state index contributed by atoms with van der Waals surface area (Å²) in [4.78, 5) is 11.8. The molecule has 1 aromatic carbocycles. The zero-order valence-corrected chi connectivity index (χ0v) is 9.27. The molecular weight excluding hydrogens is 215 g/mol. The van der Waals surface area contributed by atoms with Crippen LogP contribution in [0.25, 0.3) is 0 Å². The number of carbonyl (C=O) groups excluding carboxylic acids is 1. The van der Waals surface area contributed by atoms with Gasteiger partial charge < -0.3 is 0 Å². The van der Waals surface area contributed by atoms with E-state index in [9.17, 15) is 9.18 Å². The molecule has 0 aromatic heterocycles. The Morgan fingerprint density at radius 2 is 2.20 bits per heavy atom. The minimum atomic E-state index is -0.439. The largest absolute Gasteiger partial charge is 0.299 e. The Balaban J connectivity index is 2.11. The van der Waals surface area contributed by atoms with Crippen LogP contribution >= 0.6 is 11.6 Å². The molecule has 1 saturated carbocycles. The average Bonchev–Trinajstić information content (AvgIpc) is 2.92. The van der Waals surface area contributed by atoms with Gasteiger partial charge in [-0.25, -0.2) is 4.39 Å². The summed E-state index contributed by atoms with van der Waals surface area (Å²) in [7, 11) is 0. The van der Waals surface area contributed by atoms with Gasteiger partial charge in [-0.15, -0.1) is 0 Å². The predicted molar refractivity (Wildman–Crippen MR) is 57.5 cm³/mol. The first kappa shape index (κ1) is 10.6. The van der Waals surface area contributed by atoms with Crippen molar-refractivity contribution in [2.45, 2.75) is 26.2 Å². The summed E-state index contributed by atoms with van der Waals surface area (Å²) in [6, 6.07) is 4.45. The van der Waals surface area contributed by atoms with E-state index in [2.05, 4.69) is 0 Å². The number of hydrogen-bond donors (Lipinski definition) is 0. The van der Waals surface area contributed by atoms with Gasteiger partial charge in [-0.2, -0.15) is 0 Å². The maximum atomic E-state index is 12.9. The molecule has 0 N–H and O–H groups in total. The summed E-state index contributed by atoms with van der Waals surface area (Å²) >= 11 is 5.64. The van der Waals surface area contributed by atoms with E-state index in [4.69, 9.17) is 11.6 Å². The van der Waals surface area contributed by atoms with Gasteiger partial charge >= 0.3 is 0 Å². The zero-order chi connectivity index (χ0) is 11.1. The quantitative estimate of drug-likeness (QED) is 0.772. The van der Waals surface area contributed by atoms with Crippen molar-refractivity contribution in [3.8, 4) is 0 Å². The van der Waals surface area contributed by atoms with Crippen molar-refractivity contribution >= 4 is 17.4 Å². The third kappa shape index (κ3) is 2.20. The topological polar surface area (TPSA) is 17.1 Å². The van der Waals surface area contributed by atoms with Gasteiger partial charge in [0.2, 0.25) is 0 Å². The van der Waals surface area contributed by atoms with Gasteiger partial charge in [0, 0.05) is 11.8 Å². The fourth-order valence-electron chi connectivity index (χ4n) is 1.51. The minimum absolute atomic E-state index is 0.0845. The first-order valence-electron chi connectivity index (χ1n) is 4.98. The highest BCUT2D eigenvalue weighted by molar-refractivity contribution is 6.30. The Morgan fingerprint density at radius 1 is 1.53 bits per heavy atom. The molecule has 1 nitrogen and oxygen atoms in total. The molecule has 0 radical (unpaired) electrons. The lowest BCUT2D eigenvalue weighted by atomic mass is 9.97. The van der Waals surface area contributed by atoms with Crippen molar-refractivity contribution in [2.24, 2.45) is 5.41 Å². The summed E-state index contributed by atoms with van der Waals surface area (Å²) in [6.45, 7) is 1.97. The molecule has 0 saturated heterocycles. The molecule has 0 bridgehead atoms. The second-order valence-corrected chi connectivity index (χ2v) is 4.82. The van der Waals surface area contributed by atoms with Gasteiger partial charge in [-0.3, -0.25) is 4.79 Å². The molecule has 3 heteroatoms. The summed E-state index contributed by atoms with van der Waals surface area (Å²) in [6.07, 6.45) is 2.30. The highest BCUT2D eigenvalue weighted by Gasteiger charge is 2.43. The number of carbonyl (C=O) groups is 1. The van der Waals surface area contributed by atoms with Crippen molar-refractivity contribution in [3.63, 3.8) is 0 Å². The highest BCUT2D eigenvalue weighted by Crippen LogP contribution is 2.46. The van der Waals surface area contributed by atoms with Gasteiger partial charge in [0.1, 0.15) is 11.6 Å². The van der Waals surface area contributed by atoms with Crippen LogP contribution < -0.4 is 0 Å². The molecule has 0 unspecified atom stereocenters. The molecular formula is C12H12ClFO. The summed E-state index contributed by atoms with van der Waals surface area (Å²) in [5, 5.41) is 0.0845. The maximum Gasteiger partial charge on any atom is 0.143 e. The van der Waals surface area contributed by atoms with Crippen LogP contribution in [0.5, 0.6) is 0 Å². The van der Waals surface area contributed by atoms with E-state index in [1.165, 1.54) is 12.1 Å². The Labute approximate surface area is 93.2 Å². The number of rotatable bonds is 3. The smallest absolute Gasteiger partial charge is 0.143 e. The van der Waals surface area contributed by atoms with Gasteiger partial charge in [-0.05, 0) is 30.5 Å². The minimum Gasteiger partial charge on any atom is -0.299 e. The van der Waals surface area contributed by atoms with Gasteiger partial charge in [-0.1, -0.05) is 24.6 Å². The van der Waals surface area contributed by atoms with Crippen LogP contribution in [0.4, 0.5) is 4.39 Å². The monoisotopic (exact) mass is 226 g/mol. The molecule has 0 heterocycles. The van der Waals surface area contributed by atoms with E-state index in [0.717, 1.165) is 18.4 Å². The molecule has 2 rings (SSSR count). The molecule has 80 valence electrons. The number of Topliss-reactive ketones (excluding diaryl/α,β-unsaturated/α-hetero) is 1. The molecule has 1 aliphatic rings. The Hall–Kier alpha value is -0.890. The molecule has 0 atom stereocenters. The van der Waals surface area contributed by atoms with E-state index >= 15 is 0 Å². The Kier molecular flexibility index (Phi) is 2.55. The first-order valence-corrected chi connectivity index (χ1v) is 5.36. The normalized spacial score (nSPS) is 17.5. The van der Waals surface area contributed by atoms with Gasteiger partial charge in [0.25, 0.3) is 0 Å². The number of ketones is 1. The molecule has 1 fully saturated rings. The van der Waals surface area contributed by atoms with Crippen LogP contribution in [0, 0.1) is 11.2 Å². The average molecular weight is 227 g/mol. The van der Waals surface area contributed by atoms with Crippen molar-refractivity contribution in [1.82, 2.24) is 0 Å². The highest BCUT2D eigenvalue weighted by atomic mass is 35.5. The van der Waals surface area contributed by atoms with Crippen molar-refractivity contribution < 1.29 is 9.18 Å². The third-order valence-electron chi connectivity index (χ3n) is 3.02. The van der Waals surface area contributed by atoms with E-state index in [0.29, 0.717) is 6.42 Å². The number of benzene rings is 1. The molecule has 1 aliphatic carbocycles. The van der Waals surface area contributed by atoms with Crippen LogP contribution in [0.2, 0.25) is 5.02 Å². The number of halogens is 2. The fraction of sp³-hybridized carbons (Fsp3) is 0.417. The molecule has 1 aromatic rings. The predicted octanol–water partition coefficient (Wildman–Crippen LogP) is 3.39. The maximum absolute atomic E-state index is 12.9. The lowest BCUT2D eigenvalue weighted by molar-refractivity contribution is -0.122. The van der Waals surface area contributed by atoms with E-state index in [1.807, 2.05) is 6.92 Å². The molecule has 0 aliphatic heterocycles.